The van der Waals surface area contributed by atoms with Crippen LogP contribution in [0, 0.1) is 11.3 Å². The average Bonchev–Trinajstić information content (AvgIpc) is 2.05. The summed E-state index contributed by atoms with van der Waals surface area (Å²) < 4.78 is 20.3. The largest absolute Gasteiger partial charge is 0.337 e. The number of rotatable bonds is 5. The monoisotopic (exact) mass is 191 g/mol. The summed E-state index contributed by atoms with van der Waals surface area (Å²) in [6.45, 7) is 0. The number of carbonyl (C=O) groups is 1. The summed E-state index contributed by atoms with van der Waals surface area (Å²) in [5.74, 6) is -0.440. The van der Waals surface area contributed by atoms with Gasteiger partial charge in [-0.25, -0.2) is 0 Å². The molecule has 0 atom stereocenters. The van der Waals surface area contributed by atoms with Gasteiger partial charge in [0.25, 0.3) is 0 Å². The lowest BCUT2D eigenvalue weighted by Gasteiger charge is -2.10. The minimum atomic E-state index is -3.27. The van der Waals surface area contributed by atoms with Gasteiger partial charge in [-0.3, -0.25) is 9.36 Å². The number of carbonyl (C=O) groups excluding carboxylic acids is 1. The summed E-state index contributed by atoms with van der Waals surface area (Å²) in [6.07, 6.45) is -0.607. The van der Waals surface area contributed by atoms with Crippen molar-refractivity contribution in [3.05, 3.63) is 0 Å². The van der Waals surface area contributed by atoms with Gasteiger partial charge in [0.05, 0.1) is 12.5 Å². The van der Waals surface area contributed by atoms with Crippen molar-refractivity contribution in [3.63, 3.8) is 0 Å². The molecule has 0 rings (SSSR count). The lowest BCUT2D eigenvalue weighted by molar-refractivity contribution is -0.116. The molecule has 68 valence electrons. The third kappa shape index (κ3) is 3.63. The Labute approximate surface area is 70.8 Å². The number of hydrogen-bond donors (Lipinski definition) is 0. The molecule has 0 unspecified atom stereocenters. The smallest absolute Gasteiger partial charge is 0.312 e. The van der Waals surface area contributed by atoms with Crippen LogP contribution in [-0.4, -0.2) is 26.2 Å². The van der Waals surface area contributed by atoms with Crippen molar-refractivity contribution >= 4 is 13.4 Å². The Kier molecular flexibility index (Phi) is 4.75. The maximum absolute atomic E-state index is 11.3. The molecule has 0 bridgehead atoms. The van der Waals surface area contributed by atoms with Gasteiger partial charge < -0.3 is 9.05 Å². The molecule has 5 nitrogen and oxygen atoms in total. The van der Waals surface area contributed by atoms with E-state index in [0.29, 0.717) is 0 Å². The van der Waals surface area contributed by atoms with E-state index in [9.17, 15) is 9.36 Å². The van der Waals surface area contributed by atoms with Crippen LogP contribution in [0.1, 0.15) is 6.42 Å². The summed E-state index contributed by atoms with van der Waals surface area (Å²) in [6, 6.07) is 1.66. The Morgan fingerprint density at radius 2 is 2.00 bits per heavy atom. The number of nitrogens with zero attached hydrogens (tertiary/aromatic N) is 1. The molecular weight excluding hydrogens is 181 g/mol. The summed E-state index contributed by atoms with van der Waals surface area (Å²) in [5.41, 5.74) is 0. The van der Waals surface area contributed by atoms with E-state index in [1.807, 2.05) is 0 Å². The van der Waals surface area contributed by atoms with Crippen molar-refractivity contribution in [2.45, 2.75) is 6.42 Å². The van der Waals surface area contributed by atoms with Crippen LogP contribution in [0.15, 0.2) is 0 Å². The number of hydrogen-bond acceptors (Lipinski definition) is 5. The van der Waals surface area contributed by atoms with Gasteiger partial charge in [0, 0.05) is 14.2 Å². The third-order valence-corrected chi connectivity index (χ3v) is 3.06. The van der Waals surface area contributed by atoms with Crippen LogP contribution in [-0.2, 0) is 18.4 Å². The molecule has 0 aliphatic carbocycles. The zero-order valence-electron chi connectivity index (χ0n) is 6.94. The Balaban J connectivity index is 4.15. The number of ketones is 1. The van der Waals surface area contributed by atoms with Crippen LogP contribution in [0.2, 0.25) is 0 Å². The Morgan fingerprint density at radius 3 is 2.33 bits per heavy atom. The standard InChI is InChI=1S/C6H10NO4P/c1-10-12(9,11-2)5-6(8)3-4-7/h3,5H2,1-2H3. The maximum Gasteiger partial charge on any atom is 0.337 e. The number of Topliss-reactive ketones (excluding diaryl/α,β-unsaturated/α-hetero) is 1. The van der Waals surface area contributed by atoms with Crippen molar-refractivity contribution in [2.75, 3.05) is 20.4 Å². The van der Waals surface area contributed by atoms with Crippen LogP contribution in [0.25, 0.3) is 0 Å². The van der Waals surface area contributed by atoms with Crippen LogP contribution >= 0.6 is 7.60 Å². The van der Waals surface area contributed by atoms with Crippen LogP contribution < -0.4 is 0 Å². The first-order valence-electron chi connectivity index (χ1n) is 3.17. The normalized spacial score (nSPS) is 10.8. The van der Waals surface area contributed by atoms with Crippen molar-refractivity contribution < 1.29 is 18.4 Å². The maximum atomic E-state index is 11.3. The van der Waals surface area contributed by atoms with E-state index in [1.165, 1.54) is 14.2 Å². The molecule has 0 aromatic carbocycles. The molecule has 0 radical (unpaired) electrons. The molecule has 6 heteroatoms. The molecule has 0 saturated carbocycles. The molecular formula is C6H10NO4P. The minimum absolute atomic E-state index is 0.267. The van der Waals surface area contributed by atoms with Gasteiger partial charge in [0.15, 0.2) is 5.78 Å². The summed E-state index contributed by atoms with van der Waals surface area (Å²) in [4.78, 5) is 10.8. The van der Waals surface area contributed by atoms with E-state index in [2.05, 4.69) is 9.05 Å². The molecule has 0 N–H and O–H groups in total. The first kappa shape index (κ1) is 11.3. The molecule has 12 heavy (non-hydrogen) atoms. The van der Waals surface area contributed by atoms with Gasteiger partial charge in [-0.1, -0.05) is 0 Å². The molecule has 0 aromatic heterocycles. The van der Waals surface area contributed by atoms with E-state index in [1.54, 1.807) is 6.07 Å². The van der Waals surface area contributed by atoms with E-state index in [0.717, 1.165) is 0 Å². The second-order valence-electron chi connectivity index (χ2n) is 2.01. The van der Waals surface area contributed by atoms with Crippen molar-refractivity contribution in [1.82, 2.24) is 0 Å². The van der Waals surface area contributed by atoms with Gasteiger partial charge in [0.2, 0.25) is 0 Å². The topological polar surface area (TPSA) is 76.4 Å². The quantitative estimate of drug-likeness (QED) is 0.604. The fourth-order valence-electron chi connectivity index (χ4n) is 0.564. The molecule has 0 saturated heterocycles. The second-order valence-corrected chi connectivity index (χ2v) is 4.28. The fraction of sp³-hybridized carbons (Fsp3) is 0.667. The molecule has 0 aliphatic rings. The highest BCUT2D eigenvalue weighted by molar-refractivity contribution is 7.54. The molecule has 0 aliphatic heterocycles. The first-order chi connectivity index (χ1) is 5.58. The van der Waals surface area contributed by atoms with Gasteiger partial charge in [-0.05, 0) is 0 Å². The lowest BCUT2D eigenvalue weighted by Crippen LogP contribution is -2.06. The van der Waals surface area contributed by atoms with Gasteiger partial charge >= 0.3 is 7.60 Å². The van der Waals surface area contributed by atoms with Gasteiger partial charge in [-0.2, -0.15) is 5.26 Å². The fourth-order valence-corrected chi connectivity index (χ4v) is 1.51. The lowest BCUT2D eigenvalue weighted by atomic mass is 10.3. The Hall–Kier alpha value is -0.690. The first-order valence-corrected chi connectivity index (χ1v) is 4.90. The van der Waals surface area contributed by atoms with Crippen molar-refractivity contribution in [1.29, 1.82) is 5.26 Å². The van der Waals surface area contributed by atoms with Crippen molar-refractivity contribution in [3.8, 4) is 6.07 Å². The average molecular weight is 191 g/mol. The molecule has 0 fully saturated rings. The zero-order valence-corrected chi connectivity index (χ0v) is 7.84. The van der Waals surface area contributed by atoms with Crippen LogP contribution in [0.4, 0.5) is 0 Å². The van der Waals surface area contributed by atoms with Crippen molar-refractivity contribution in [2.24, 2.45) is 0 Å². The molecule has 0 spiro atoms. The summed E-state index contributed by atoms with van der Waals surface area (Å²) in [7, 11) is -0.871. The summed E-state index contributed by atoms with van der Waals surface area (Å²) >= 11 is 0. The van der Waals surface area contributed by atoms with Crippen LogP contribution in [0.5, 0.6) is 0 Å². The summed E-state index contributed by atoms with van der Waals surface area (Å²) in [5, 5.41) is 8.14. The third-order valence-electron chi connectivity index (χ3n) is 1.20. The molecule has 0 aromatic rings. The zero-order chi connectivity index (χ0) is 9.61. The van der Waals surface area contributed by atoms with Crippen LogP contribution in [0.3, 0.4) is 0 Å². The van der Waals surface area contributed by atoms with E-state index < -0.39 is 13.4 Å². The minimum Gasteiger partial charge on any atom is -0.312 e. The predicted molar refractivity (Wildman–Crippen MR) is 41.7 cm³/mol. The molecule has 0 amide bonds. The van der Waals surface area contributed by atoms with Gasteiger partial charge in [0.1, 0.15) is 6.16 Å². The highest BCUT2D eigenvalue weighted by atomic mass is 31.2. The van der Waals surface area contributed by atoms with Gasteiger partial charge in [-0.15, -0.1) is 0 Å². The SMILES string of the molecule is COP(=O)(CC(=O)CC#N)OC. The predicted octanol–water partition coefficient (Wildman–Crippen LogP) is 0.955. The molecule has 0 heterocycles. The van der Waals surface area contributed by atoms with E-state index >= 15 is 0 Å². The van der Waals surface area contributed by atoms with E-state index in [4.69, 9.17) is 5.26 Å². The second kappa shape index (κ2) is 5.04. The Morgan fingerprint density at radius 1 is 1.50 bits per heavy atom. The highest BCUT2D eigenvalue weighted by Gasteiger charge is 2.24. The van der Waals surface area contributed by atoms with E-state index in [-0.39, 0.29) is 12.6 Å². The number of nitriles is 1. The highest BCUT2D eigenvalue weighted by Crippen LogP contribution is 2.46. The Bertz CT molecular complexity index is 236.